The number of rotatable bonds is 8. The predicted octanol–water partition coefficient (Wildman–Crippen LogP) is 7.87. The Morgan fingerprint density at radius 3 is 2.16 bits per heavy atom. The summed E-state index contributed by atoms with van der Waals surface area (Å²) in [7, 11) is 0. The van der Waals surface area contributed by atoms with Gasteiger partial charge in [-0.2, -0.15) is 0 Å². The topological polar surface area (TPSA) is 0 Å². The van der Waals surface area contributed by atoms with Gasteiger partial charge < -0.3 is 0 Å². The first-order valence-corrected chi connectivity index (χ1v) is 14.9. The molecule has 2 aromatic rings. The predicted molar refractivity (Wildman–Crippen MR) is 108 cm³/mol. The maximum atomic E-state index is 2.51. The summed E-state index contributed by atoms with van der Waals surface area (Å²) in [6, 6.07) is 17.9. The molecule has 25 heavy (non-hydrogen) atoms. The molecule has 0 nitrogen and oxygen atoms in total. The first-order valence-electron chi connectivity index (χ1n) is 9.97. The van der Waals surface area contributed by atoms with Crippen LogP contribution in [0.2, 0.25) is 8.26 Å². The van der Waals surface area contributed by atoms with E-state index < -0.39 is 21.8 Å². The number of benzene rings is 2. The first-order chi connectivity index (χ1) is 12.3. The zero-order valence-corrected chi connectivity index (χ0v) is 18.5. The van der Waals surface area contributed by atoms with Gasteiger partial charge in [-0.15, -0.1) is 0 Å². The van der Waals surface area contributed by atoms with Crippen LogP contribution in [0.15, 0.2) is 54.1 Å². The van der Waals surface area contributed by atoms with Gasteiger partial charge in [0.2, 0.25) is 0 Å². The van der Waals surface area contributed by atoms with Crippen LogP contribution in [0, 0.1) is 0 Å². The van der Waals surface area contributed by atoms with Crippen molar-refractivity contribution in [2.75, 3.05) is 0 Å². The minimum atomic E-state index is -1.46. The van der Waals surface area contributed by atoms with E-state index in [-0.39, 0.29) is 0 Å². The Balaban J connectivity index is 1.97. The number of hydrogen-bond acceptors (Lipinski definition) is 0. The second kappa shape index (κ2) is 9.13. The summed E-state index contributed by atoms with van der Waals surface area (Å²) in [4.78, 5) is 0. The molecular weight excluding hydrogens is 379 g/mol. The summed E-state index contributed by atoms with van der Waals surface area (Å²) in [5.74, 6) is 0. The van der Waals surface area contributed by atoms with E-state index in [1.54, 1.807) is 19.4 Å². The number of unbranched alkanes of at least 4 members (excludes halogenated alkanes) is 2. The summed E-state index contributed by atoms with van der Waals surface area (Å²) in [5.41, 5.74) is 7.60. The first kappa shape index (κ1) is 18.8. The van der Waals surface area contributed by atoms with E-state index >= 15 is 0 Å². The molecule has 0 N–H and O–H groups in total. The van der Waals surface area contributed by atoms with Gasteiger partial charge in [-0.05, 0) is 0 Å². The Bertz CT molecular complexity index is 706. The van der Waals surface area contributed by atoms with Crippen molar-refractivity contribution in [1.82, 2.24) is 0 Å². The molecule has 0 bridgehead atoms. The van der Waals surface area contributed by atoms with Crippen molar-refractivity contribution >= 4 is 6.08 Å². The quantitative estimate of drug-likeness (QED) is 0.415. The van der Waals surface area contributed by atoms with E-state index in [9.17, 15) is 0 Å². The Morgan fingerprint density at radius 1 is 0.840 bits per heavy atom. The fraction of sp³-hybridized carbons (Fsp3) is 0.417. The van der Waals surface area contributed by atoms with Crippen LogP contribution < -0.4 is 0 Å². The van der Waals surface area contributed by atoms with Crippen molar-refractivity contribution in [2.24, 2.45) is 0 Å². The van der Waals surface area contributed by atoms with Crippen LogP contribution in [0.4, 0.5) is 0 Å². The van der Waals surface area contributed by atoms with Crippen molar-refractivity contribution < 1.29 is 21.8 Å². The second-order valence-corrected chi connectivity index (χ2v) is 14.5. The van der Waals surface area contributed by atoms with E-state index in [2.05, 4.69) is 75.4 Å². The summed E-state index contributed by atoms with van der Waals surface area (Å²) in [6.07, 6.45) is 8.10. The molecule has 0 fully saturated rings. The molecular formula is C24H31Zr. The normalized spacial score (nSPS) is 15.8. The molecule has 0 saturated heterocycles. The molecule has 1 unspecified atom stereocenters. The molecule has 1 aliphatic rings. The molecule has 0 heterocycles. The van der Waals surface area contributed by atoms with Crippen LogP contribution in [0.5, 0.6) is 0 Å². The Morgan fingerprint density at radius 2 is 1.52 bits per heavy atom. The molecule has 2 aromatic carbocycles. The number of fused-ring (bicyclic) bond motifs is 1. The SMILES string of the molecule is CCC[CH2][Zr]([CH2]CCC)[CH]1C(C)=Cc2c(-c3ccccc3)cccc21. The Labute approximate surface area is 162 Å². The third-order valence-electron chi connectivity index (χ3n) is 5.47. The number of allylic oxidation sites excluding steroid dienone is 1. The van der Waals surface area contributed by atoms with Crippen LogP contribution in [0.25, 0.3) is 17.2 Å². The van der Waals surface area contributed by atoms with Crippen molar-refractivity contribution in [3.8, 4) is 11.1 Å². The molecule has 0 saturated carbocycles. The van der Waals surface area contributed by atoms with E-state index in [0.717, 1.165) is 3.63 Å². The van der Waals surface area contributed by atoms with E-state index in [1.165, 1.54) is 42.4 Å². The second-order valence-electron chi connectivity index (χ2n) is 7.36. The Hall–Kier alpha value is -0.937. The maximum absolute atomic E-state index is 2.51. The average molecular weight is 411 g/mol. The fourth-order valence-corrected chi connectivity index (χ4v) is 13.7. The molecule has 1 aliphatic carbocycles. The van der Waals surface area contributed by atoms with Gasteiger partial charge in [-0.25, -0.2) is 0 Å². The molecule has 3 rings (SSSR count). The van der Waals surface area contributed by atoms with E-state index in [0.29, 0.717) is 0 Å². The van der Waals surface area contributed by atoms with E-state index in [4.69, 9.17) is 0 Å². The van der Waals surface area contributed by atoms with Crippen LogP contribution in [-0.4, -0.2) is 0 Å². The molecule has 0 amide bonds. The summed E-state index contributed by atoms with van der Waals surface area (Å²) >= 11 is -1.46. The monoisotopic (exact) mass is 409 g/mol. The van der Waals surface area contributed by atoms with Crippen molar-refractivity contribution in [1.29, 1.82) is 0 Å². The van der Waals surface area contributed by atoms with Gasteiger partial charge in [0.25, 0.3) is 0 Å². The molecule has 0 aromatic heterocycles. The van der Waals surface area contributed by atoms with Gasteiger partial charge in [0.05, 0.1) is 0 Å². The van der Waals surface area contributed by atoms with Crippen molar-refractivity contribution in [3.63, 3.8) is 0 Å². The van der Waals surface area contributed by atoms with Gasteiger partial charge in [-0.3, -0.25) is 0 Å². The summed E-state index contributed by atoms with van der Waals surface area (Å²) in [6.45, 7) is 7.09. The van der Waals surface area contributed by atoms with Crippen LogP contribution in [0.1, 0.15) is 61.2 Å². The third kappa shape index (κ3) is 4.25. The molecule has 1 atom stereocenters. The van der Waals surface area contributed by atoms with Gasteiger partial charge in [0.15, 0.2) is 0 Å². The van der Waals surface area contributed by atoms with Crippen molar-refractivity contribution in [2.45, 2.75) is 58.3 Å². The zero-order chi connectivity index (χ0) is 17.6. The van der Waals surface area contributed by atoms with Crippen LogP contribution >= 0.6 is 0 Å². The Kier molecular flexibility index (Phi) is 6.88. The van der Waals surface area contributed by atoms with Crippen LogP contribution in [0.3, 0.4) is 0 Å². The zero-order valence-electron chi connectivity index (χ0n) is 16.0. The fourth-order valence-electron chi connectivity index (χ4n) is 4.18. The molecule has 0 spiro atoms. The summed E-state index contributed by atoms with van der Waals surface area (Å²) in [5, 5.41) is 0. The molecule has 0 radical (unpaired) electrons. The molecule has 1 heteroatoms. The number of hydrogen-bond donors (Lipinski definition) is 0. The average Bonchev–Trinajstić information content (AvgIpc) is 2.98. The standard InChI is InChI=1S/C16H13.2C4H9.Zr/c1-12-10-14-8-5-9-15(16(14)11-12)13-6-3-2-4-7-13;2*1-3-4-2;/h2-11H,1H3;2*1,3-4H2,2H3;. The van der Waals surface area contributed by atoms with Gasteiger partial charge >= 0.3 is 163 Å². The van der Waals surface area contributed by atoms with Gasteiger partial charge in [0.1, 0.15) is 0 Å². The van der Waals surface area contributed by atoms with Gasteiger partial charge in [-0.1, -0.05) is 0 Å². The van der Waals surface area contributed by atoms with Gasteiger partial charge in [0, 0.05) is 0 Å². The minimum absolute atomic E-state index is 0.819. The molecule has 0 aliphatic heterocycles. The summed E-state index contributed by atoms with van der Waals surface area (Å²) < 4.78 is 3.94. The third-order valence-corrected chi connectivity index (χ3v) is 14.3. The van der Waals surface area contributed by atoms with Crippen molar-refractivity contribution in [3.05, 3.63) is 65.2 Å². The van der Waals surface area contributed by atoms with Crippen LogP contribution in [-0.2, 0) is 21.8 Å². The van der Waals surface area contributed by atoms with E-state index in [1.807, 2.05) is 0 Å². The molecule has 131 valence electrons.